The van der Waals surface area contributed by atoms with Gasteiger partial charge in [0.2, 0.25) is 0 Å². The molecule has 0 aliphatic heterocycles. The van der Waals surface area contributed by atoms with Crippen LogP contribution in [-0.2, 0) is 0 Å². The Bertz CT molecular complexity index is 342. The maximum atomic E-state index is 6.10. The molecule has 0 saturated carbocycles. The number of rotatable bonds is 4. The molecule has 0 aliphatic carbocycles. The molecule has 0 bridgehead atoms. The van der Waals surface area contributed by atoms with E-state index in [1.54, 1.807) is 0 Å². The first kappa shape index (κ1) is 13.1. The molecule has 1 aromatic carbocycles. The average molecular weight is 311 g/mol. The maximum absolute atomic E-state index is 6.10. The highest BCUT2D eigenvalue weighted by Gasteiger charge is 2.08. The van der Waals surface area contributed by atoms with Gasteiger partial charge in [-0.05, 0) is 34.0 Å². The Labute approximate surface area is 109 Å². The average Bonchev–Trinajstić information content (AvgIpc) is 2.24. The van der Waals surface area contributed by atoms with Crippen LogP contribution >= 0.6 is 39.1 Å². The van der Waals surface area contributed by atoms with Crippen molar-refractivity contribution in [3.63, 3.8) is 0 Å². The third-order valence-electron chi connectivity index (χ3n) is 2.37. The SMILES string of the molecule is CCC(C)CNc1ccc(Br)c(Cl)c1Cl. The molecule has 15 heavy (non-hydrogen) atoms. The molecular weight excluding hydrogens is 297 g/mol. The van der Waals surface area contributed by atoms with E-state index in [0.29, 0.717) is 16.0 Å². The van der Waals surface area contributed by atoms with Gasteiger partial charge in [-0.25, -0.2) is 0 Å². The number of nitrogens with one attached hydrogen (secondary N) is 1. The first-order valence-corrected chi connectivity index (χ1v) is 6.48. The summed E-state index contributed by atoms with van der Waals surface area (Å²) in [6, 6.07) is 3.83. The Morgan fingerprint density at radius 1 is 1.33 bits per heavy atom. The summed E-state index contributed by atoms with van der Waals surface area (Å²) in [6.45, 7) is 5.28. The molecule has 1 N–H and O–H groups in total. The largest absolute Gasteiger partial charge is 0.384 e. The van der Waals surface area contributed by atoms with Crippen LogP contribution in [0.25, 0.3) is 0 Å². The fourth-order valence-electron chi connectivity index (χ4n) is 1.09. The van der Waals surface area contributed by atoms with Gasteiger partial charge in [-0.2, -0.15) is 0 Å². The van der Waals surface area contributed by atoms with Crippen molar-refractivity contribution in [1.82, 2.24) is 0 Å². The van der Waals surface area contributed by atoms with Crippen LogP contribution in [0.3, 0.4) is 0 Å². The topological polar surface area (TPSA) is 12.0 Å². The second-order valence-electron chi connectivity index (χ2n) is 3.62. The Morgan fingerprint density at radius 2 is 2.00 bits per heavy atom. The zero-order chi connectivity index (χ0) is 11.4. The quantitative estimate of drug-likeness (QED) is 0.752. The molecule has 0 saturated heterocycles. The summed E-state index contributed by atoms with van der Waals surface area (Å²) in [7, 11) is 0. The summed E-state index contributed by atoms with van der Waals surface area (Å²) in [5.74, 6) is 0.628. The van der Waals surface area contributed by atoms with Crippen LogP contribution < -0.4 is 5.32 Å². The molecule has 1 aromatic rings. The zero-order valence-electron chi connectivity index (χ0n) is 8.78. The summed E-state index contributed by atoms with van der Waals surface area (Å²) in [4.78, 5) is 0. The van der Waals surface area contributed by atoms with Crippen molar-refractivity contribution >= 4 is 44.8 Å². The van der Waals surface area contributed by atoms with Crippen LogP contribution in [0.2, 0.25) is 10.0 Å². The Balaban J connectivity index is 2.74. The molecule has 0 fully saturated rings. The molecule has 0 radical (unpaired) electrons. The standard InChI is InChI=1S/C11H14BrCl2N/c1-3-7(2)6-15-9-5-4-8(12)10(13)11(9)14/h4-5,7,15H,3,6H2,1-2H3. The molecule has 0 aromatic heterocycles. The van der Waals surface area contributed by atoms with Crippen molar-refractivity contribution in [2.75, 3.05) is 11.9 Å². The normalized spacial score (nSPS) is 12.6. The van der Waals surface area contributed by atoms with Crippen LogP contribution in [0, 0.1) is 5.92 Å². The molecular formula is C11H14BrCl2N. The van der Waals surface area contributed by atoms with Gasteiger partial charge in [0.05, 0.1) is 15.7 Å². The van der Waals surface area contributed by atoms with E-state index in [2.05, 4.69) is 35.1 Å². The van der Waals surface area contributed by atoms with Crippen molar-refractivity contribution in [3.8, 4) is 0 Å². The number of halogens is 3. The minimum Gasteiger partial charge on any atom is -0.384 e. The fourth-order valence-corrected chi connectivity index (χ4v) is 1.93. The van der Waals surface area contributed by atoms with Crippen molar-refractivity contribution in [2.24, 2.45) is 5.92 Å². The molecule has 84 valence electrons. The van der Waals surface area contributed by atoms with E-state index in [0.717, 1.165) is 23.1 Å². The first-order valence-electron chi connectivity index (χ1n) is 4.93. The van der Waals surface area contributed by atoms with E-state index in [1.807, 2.05) is 12.1 Å². The van der Waals surface area contributed by atoms with Gasteiger partial charge in [0.1, 0.15) is 0 Å². The lowest BCUT2D eigenvalue weighted by Gasteiger charge is -2.13. The lowest BCUT2D eigenvalue weighted by molar-refractivity contribution is 0.593. The van der Waals surface area contributed by atoms with E-state index in [9.17, 15) is 0 Å². The van der Waals surface area contributed by atoms with Gasteiger partial charge >= 0.3 is 0 Å². The number of hydrogen-bond acceptors (Lipinski definition) is 1. The smallest absolute Gasteiger partial charge is 0.0835 e. The molecule has 0 amide bonds. The molecule has 1 atom stereocenters. The second-order valence-corrected chi connectivity index (χ2v) is 5.23. The Kier molecular flexibility index (Phi) is 5.24. The van der Waals surface area contributed by atoms with E-state index >= 15 is 0 Å². The molecule has 4 heteroatoms. The van der Waals surface area contributed by atoms with Gasteiger partial charge < -0.3 is 5.32 Å². The summed E-state index contributed by atoms with van der Waals surface area (Å²) in [5, 5.41) is 4.43. The van der Waals surface area contributed by atoms with Gasteiger partial charge in [0.15, 0.2) is 0 Å². The number of anilines is 1. The van der Waals surface area contributed by atoms with Crippen LogP contribution in [0.15, 0.2) is 16.6 Å². The number of benzene rings is 1. The van der Waals surface area contributed by atoms with Crippen molar-refractivity contribution in [1.29, 1.82) is 0 Å². The molecule has 1 unspecified atom stereocenters. The highest BCUT2D eigenvalue weighted by atomic mass is 79.9. The summed E-state index contributed by atoms with van der Waals surface area (Å²) < 4.78 is 0.822. The van der Waals surface area contributed by atoms with Gasteiger partial charge in [0.25, 0.3) is 0 Å². The molecule has 0 spiro atoms. The second kappa shape index (κ2) is 5.97. The van der Waals surface area contributed by atoms with Crippen LogP contribution in [-0.4, -0.2) is 6.54 Å². The van der Waals surface area contributed by atoms with Gasteiger partial charge in [-0.1, -0.05) is 43.5 Å². The van der Waals surface area contributed by atoms with Gasteiger partial charge in [-0.3, -0.25) is 0 Å². The van der Waals surface area contributed by atoms with Gasteiger partial charge in [0, 0.05) is 11.0 Å². The minimum absolute atomic E-state index is 0.561. The van der Waals surface area contributed by atoms with Crippen molar-refractivity contribution in [3.05, 3.63) is 26.7 Å². The lowest BCUT2D eigenvalue weighted by atomic mass is 10.1. The third-order valence-corrected chi connectivity index (χ3v) is 4.14. The zero-order valence-corrected chi connectivity index (χ0v) is 11.9. The number of hydrogen-bond donors (Lipinski definition) is 1. The van der Waals surface area contributed by atoms with Crippen molar-refractivity contribution in [2.45, 2.75) is 20.3 Å². The Hall–Kier alpha value is 0.0800. The molecule has 0 heterocycles. The van der Waals surface area contributed by atoms with E-state index in [4.69, 9.17) is 23.2 Å². The Morgan fingerprint density at radius 3 is 2.60 bits per heavy atom. The predicted octanol–water partition coefficient (Wildman–Crippen LogP) is 5.21. The molecule has 1 nitrogen and oxygen atoms in total. The highest BCUT2D eigenvalue weighted by Crippen LogP contribution is 2.35. The van der Waals surface area contributed by atoms with Crippen LogP contribution in [0.4, 0.5) is 5.69 Å². The predicted molar refractivity (Wildman–Crippen MR) is 72.1 cm³/mol. The summed E-state index contributed by atoms with van der Waals surface area (Å²) >= 11 is 15.4. The van der Waals surface area contributed by atoms with E-state index in [-0.39, 0.29) is 0 Å². The highest BCUT2D eigenvalue weighted by molar-refractivity contribution is 9.10. The first-order chi connectivity index (χ1) is 7.06. The maximum Gasteiger partial charge on any atom is 0.0835 e. The minimum atomic E-state index is 0.561. The summed E-state index contributed by atoms with van der Waals surface area (Å²) in [5.41, 5.74) is 0.894. The summed E-state index contributed by atoms with van der Waals surface area (Å²) in [6.07, 6.45) is 1.15. The molecule has 0 aliphatic rings. The lowest BCUT2D eigenvalue weighted by Crippen LogP contribution is -2.10. The monoisotopic (exact) mass is 309 g/mol. The fraction of sp³-hybridized carbons (Fsp3) is 0.455. The van der Waals surface area contributed by atoms with E-state index < -0.39 is 0 Å². The van der Waals surface area contributed by atoms with Crippen LogP contribution in [0.1, 0.15) is 20.3 Å². The van der Waals surface area contributed by atoms with E-state index in [1.165, 1.54) is 0 Å². The molecule has 1 rings (SSSR count). The van der Waals surface area contributed by atoms with Gasteiger partial charge in [-0.15, -0.1) is 0 Å². The van der Waals surface area contributed by atoms with Crippen LogP contribution in [0.5, 0.6) is 0 Å². The third kappa shape index (κ3) is 3.54. The van der Waals surface area contributed by atoms with Crippen molar-refractivity contribution < 1.29 is 0 Å².